The highest BCUT2D eigenvalue weighted by atomic mass is 79.9. The van der Waals surface area contributed by atoms with Crippen LogP contribution in [-0.2, 0) is 0 Å². The highest BCUT2D eigenvalue weighted by Gasteiger charge is 2.24. The molecule has 0 saturated carbocycles. The number of benzene rings is 1. The van der Waals surface area contributed by atoms with Crippen LogP contribution in [-0.4, -0.2) is 23.5 Å². The molecule has 1 aliphatic rings. The Balaban J connectivity index is 1.93. The van der Waals surface area contributed by atoms with Crippen molar-refractivity contribution in [2.45, 2.75) is 38.6 Å². The van der Waals surface area contributed by atoms with Gasteiger partial charge in [0.15, 0.2) is 0 Å². The number of carbonyl (C=O) groups excluding carboxylic acids is 1. The molecule has 108 valence electrons. The summed E-state index contributed by atoms with van der Waals surface area (Å²) < 4.78 is 1.02. The number of piperidine rings is 1. The van der Waals surface area contributed by atoms with E-state index in [0.717, 1.165) is 35.8 Å². The number of nitrogens with one attached hydrogen (secondary N) is 1. The monoisotopic (exact) mass is 336 g/mol. The first-order chi connectivity index (χ1) is 9.72. The molecule has 1 saturated heterocycles. The average molecular weight is 337 g/mol. The number of hydrogen-bond donors (Lipinski definition) is 1. The lowest BCUT2D eigenvalue weighted by Gasteiger charge is -2.34. The van der Waals surface area contributed by atoms with E-state index in [1.165, 1.54) is 6.42 Å². The Bertz CT molecular complexity index is 487. The zero-order valence-electron chi connectivity index (χ0n) is 11.8. The second-order valence-electron chi connectivity index (χ2n) is 5.06. The molecule has 0 aromatic heterocycles. The van der Waals surface area contributed by atoms with Crippen LogP contribution in [0.15, 0.2) is 34.9 Å². The van der Waals surface area contributed by atoms with Gasteiger partial charge in [0.2, 0.25) is 0 Å². The summed E-state index contributed by atoms with van der Waals surface area (Å²) in [5.74, 6) is 0. The Morgan fingerprint density at radius 2 is 2.25 bits per heavy atom. The molecule has 0 bridgehead atoms. The van der Waals surface area contributed by atoms with E-state index < -0.39 is 0 Å². The minimum absolute atomic E-state index is 0.0138. The number of carbonyl (C=O) groups is 1. The highest BCUT2D eigenvalue weighted by molar-refractivity contribution is 9.10. The van der Waals surface area contributed by atoms with Crippen LogP contribution >= 0.6 is 15.9 Å². The third-order valence-corrected chi connectivity index (χ3v) is 4.46. The first-order valence-corrected chi connectivity index (χ1v) is 8.00. The molecule has 1 heterocycles. The summed E-state index contributed by atoms with van der Waals surface area (Å²) in [5, 5.41) is 2.88. The minimum atomic E-state index is 0.0138. The maximum atomic E-state index is 12.2. The van der Waals surface area contributed by atoms with Gasteiger partial charge < -0.3 is 10.2 Å². The third kappa shape index (κ3) is 3.85. The van der Waals surface area contributed by atoms with Gasteiger partial charge in [0, 0.05) is 23.3 Å². The molecule has 0 aliphatic carbocycles. The van der Waals surface area contributed by atoms with Crippen molar-refractivity contribution in [1.82, 2.24) is 10.2 Å². The van der Waals surface area contributed by atoms with E-state index in [9.17, 15) is 4.79 Å². The van der Waals surface area contributed by atoms with E-state index in [0.29, 0.717) is 6.04 Å². The van der Waals surface area contributed by atoms with Crippen LogP contribution in [0.4, 0.5) is 4.79 Å². The zero-order valence-corrected chi connectivity index (χ0v) is 13.4. The second kappa shape index (κ2) is 7.48. The minimum Gasteiger partial charge on any atom is -0.322 e. The number of urea groups is 1. The summed E-state index contributed by atoms with van der Waals surface area (Å²) in [6.45, 7) is 3.01. The summed E-state index contributed by atoms with van der Waals surface area (Å²) in [6, 6.07) is 8.34. The Hall–Kier alpha value is -1.29. The highest BCUT2D eigenvalue weighted by Crippen LogP contribution is 2.19. The fraction of sp³-hybridized carbons (Fsp3) is 0.438. The van der Waals surface area contributed by atoms with Gasteiger partial charge in [-0.1, -0.05) is 41.1 Å². The van der Waals surface area contributed by atoms with Crippen molar-refractivity contribution in [2.24, 2.45) is 0 Å². The van der Waals surface area contributed by atoms with Crippen LogP contribution in [0.5, 0.6) is 0 Å². The van der Waals surface area contributed by atoms with Gasteiger partial charge in [0.05, 0.1) is 0 Å². The van der Waals surface area contributed by atoms with Crippen LogP contribution in [0.3, 0.4) is 0 Å². The fourth-order valence-corrected chi connectivity index (χ4v) is 3.01. The Morgan fingerprint density at radius 3 is 3.00 bits per heavy atom. The standard InChI is InChI=1S/C16H21BrN2O/c1-2-14-8-5-6-12-19(14)16(20)18-11-10-13-7-3-4-9-15(13)17/h3-4,7,9-11,14H,2,5-6,8,12H2,1H3,(H,18,20)/b11-10+. The molecule has 1 aromatic rings. The Morgan fingerprint density at radius 1 is 1.45 bits per heavy atom. The molecule has 1 N–H and O–H groups in total. The molecule has 2 rings (SSSR count). The molecule has 1 aromatic carbocycles. The summed E-state index contributed by atoms with van der Waals surface area (Å²) in [7, 11) is 0. The van der Waals surface area contributed by atoms with E-state index in [1.807, 2.05) is 35.2 Å². The van der Waals surface area contributed by atoms with Crippen molar-refractivity contribution in [3.05, 3.63) is 40.5 Å². The van der Waals surface area contributed by atoms with Crippen molar-refractivity contribution in [3.63, 3.8) is 0 Å². The van der Waals surface area contributed by atoms with Crippen LogP contribution in [0.1, 0.15) is 38.2 Å². The lowest BCUT2D eigenvalue weighted by molar-refractivity contribution is 0.152. The fourth-order valence-electron chi connectivity index (χ4n) is 2.59. The quantitative estimate of drug-likeness (QED) is 0.871. The van der Waals surface area contributed by atoms with Crippen molar-refractivity contribution < 1.29 is 4.79 Å². The van der Waals surface area contributed by atoms with Gasteiger partial charge in [-0.15, -0.1) is 0 Å². The topological polar surface area (TPSA) is 32.3 Å². The molecule has 0 spiro atoms. The normalized spacial score (nSPS) is 19.3. The van der Waals surface area contributed by atoms with E-state index in [2.05, 4.69) is 28.2 Å². The Kier molecular flexibility index (Phi) is 5.65. The molecule has 4 heteroatoms. The lowest BCUT2D eigenvalue weighted by atomic mass is 10.0. The number of amides is 2. The van der Waals surface area contributed by atoms with Gasteiger partial charge in [-0.3, -0.25) is 0 Å². The van der Waals surface area contributed by atoms with Gasteiger partial charge in [-0.2, -0.15) is 0 Å². The zero-order chi connectivity index (χ0) is 14.4. The first kappa shape index (κ1) is 15.1. The molecule has 1 unspecified atom stereocenters. The smallest absolute Gasteiger partial charge is 0.321 e. The van der Waals surface area contributed by atoms with Crippen LogP contribution in [0, 0.1) is 0 Å². The van der Waals surface area contributed by atoms with Crippen LogP contribution in [0.2, 0.25) is 0 Å². The van der Waals surface area contributed by atoms with Gasteiger partial charge in [-0.25, -0.2) is 4.79 Å². The first-order valence-electron chi connectivity index (χ1n) is 7.20. The Labute approximate surface area is 129 Å². The van der Waals surface area contributed by atoms with Gasteiger partial charge >= 0.3 is 6.03 Å². The molecule has 1 atom stereocenters. The number of nitrogens with zero attached hydrogens (tertiary/aromatic N) is 1. The molecule has 2 amide bonds. The number of rotatable bonds is 3. The molecule has 3 nitrogen and oxygen atoms in total. The van der Waals surface area contributed by atoms with E-state index in [4.69, 9.17) is 0 Å². The SMILES string of the molecule is CCC1CCCCN1C(=O)N/C=C/c1ccccc1Br. The summed E-state index contributed by atoms with van der Waals surface area (Å²) in [4.78, 5) is 14.2. The predicted molar refractivity (Wildman–Crippen MR) is 86.3 cm³/mol. The van der Waals surface area contributed by atoms with Crippen molar-refractivity contribution in [2.75, 3.05) is 6.54 Å². The molecular formula is C16H21BrN2O. The molecule has 0 radical (unpaired) electrons. The predicted octanol–water partition coefficient (Wildman–Crippen LogP) is 4.39. The average Bonchev–Trinajstić information content (AvgIpc) is 2.49. The molecular weight excluding hydrogens is 316 g/mol. The van der Waals surface area contributed by atoms with E-state index >= 15 is 0 Å². The maximum Gasteiger partial charge on any atom is 0.321 e. The largest absolute Gasteiger partial charge is 0.322 e. The summed E-state index contributed by atoms with van der Waals surface area (Å²) in [6.07, 6.45) is 8.13. The molecule has 1 fully saturated rings. The summed E-state index contributed by atoms with van der Waals surface area (Å²) in [5.41, 5.74) is 1.05. The summed E-state index contributed by atoms with van der Waals surface area (Å²) >= 11 is 3.49. The van der Waals surface area contributed by atoms with Gasteiger partial charge in [0.1, 0.15) is 0 Å². The third-order valence-electron chi connectivity index (χ3n) is 3.73. The number of hydrogen-bond acceptors (Lipinski definition) is 1. The molecule has 1 aliphatic heterocycles. The van der Waals surface area contributed by atoms with Crippen molar-refractivity contribution >= 4 is 28.0 Å². The van der Waals surface area contributed by atoms with Crippen molar-refractivity contribution in [3.8, 4) is 0 Å². The van der Waals surface area contributed by atoms with Gasteiger partial charge in [0.25, 0.3) is 0 Å². The van der Waals surface area contributed by atoms with Crippen LogP contribution < -0.4 is 5.32 Å². The second-order valence-corrected chi connectivity index (χ2v) is 5.91. The number of halogens is 1. The molecule has 20 heavy (non-hydrogen) atoms. The van der Waals surface area contributed by atoms with E-state index in [-0.39, 0.29) is 6.03 Å². The maximum absolute atomic E-state index is 12.2. The van der Waals surface area contributed by atoms with Crippen molar-refractivity contribution in [1.29, 1.82) is 0 Å². The lowest BCUT2D eigenvalue weighted by Crippen LogP contribution is -2.47. The van der Waals surface area contributed by atoms with E-state index in [1.54, 1.807) is 6.20 Å². The van der Waals surface area contributed by atoms with Crippen LogP contribution in [0.25, 0.3) is 6.08 Å². The number of likely N-dealkylation sites (tertiary alicyclic amines) is 1. The van der Waals surface area contributed by atoms with Gasteiger partial charge in [-0.05, 0) is 43.4 Å².